The molecule has 1 rings (SSSR count). The van der Waals surface area contributed by atoms with Gasteiger partial charge in [-0.3, -0.25) is 4.79 Å². The molecule has 4 nitrogen and oxygen atoms in total. The molecular weight excluding hydrogens is 204 g/mol. The van der Waals surface area contributed by atoms with E-state index < -0.39 is 5.97 Å². The highest BCUT2D eigenvalue weighted by Gasteiger charge is 2.35. The molecule has 0 aromatic carbocycles. The van der Waals surface area contributed by atoms with Gasteiger partial charge >= 0.3 is 5.97 Å². The number of nitrogens with zero attached hydrogens (tertiary/aromatic N) is 1. The Kier molecular flexibility index (Phi) is 5.22. The summed E-state index contributed by atoms with van der Waals surface area (Å²) in [5.74, 6) is -0.333. The summed E-state index contributed by atoms with van der Waals surface area (Å²) >= 11 is 0. The average molecular weight is 228 g/mol. The molecule has 0 aromatic rings. The van der Waals surface area contributed by atoms with E-state index in [2.05, 4.69) is 31.1 Å². The van der Waals surface area contributed by atoms with Crippen molar-refractivity contribution in [3.63, 3.8) is 0 Å². The molecule has 0 aromatic heterocycles. The van der Waals surface area contributed by atoms with E-state index >= 15 is 0 Å². The van der Waals surface area contributed by atoms with Crippen molar-refractivity contribution in [1.82, 2.24) is 10.2 Å². The van der Waals surface area contributed by atoms with Crippen LogP contribution >= 0.6 is 0 Å². The lowest BCUT2D eigenvalue weighted by Crippen LogP contribution is -2.43. The van der Waals surface area contributed by atoms with Gasteiger partial charge in [0.05, 0.1) is 0 Å². The molecule has 2 unspecified atom stereocenters. The number of carboxylic acid groups (broad SMARTS) is 1. The van der Waals surface area contributed by atoms with Crippen molar-refractivity contribution < 1.29 is 9.90 Å². The third-order valence-electron chi connectivity index (χ3n) is 3.53. The van der Waals surface area contributed by atoms with Gasteiger partial charge in [-0.2, -0.15) is 0 Å². The summed E-state index contributed by atoms with van der Waals surface area (Å²) in [6, 6.07) is 0.233. The first-order valence-electron chi connectivity index (χ1n) is 6.22. The number of likely N-dealkylation sites (N-methyl/N-ethyl adjacent to an activating group) is 1. The van der Waals surface area contributed by atoms with Crippen LogP contribution in [0, 0.1) is 5.92 Å². The Bertz CT molecular complexity index is 229. The molecule has 0 saturated heterocycles. The maximum absolute atomic E-state index is 11.0. The van der Waals surface area contributed by atoms with E-state index in [9.17, 15) is 4.79 Å². The number of carbonyl (C=O) groups is 1. The predicted molar refractivity (Wildman–Crippen MR) is 64.5 cm³/mol. The van der Waals surface area contributed by atoms with Crippen LogP contribution in [0.3, 0.4) is 0 Å². The van der Waals surface area contributed by atoms with Gasteiger partial charge in [-0.15, -0.1) is 0 Å². The Labute approximate surface area is 98.0 Å². The first-order chi connectivity index (χ1) is 7.56. The molecular formula is C12H24N2O2. The summed E-state index contributed by atoms with van der Waals surface area (Å²) in [4.78, 5) is 13.2. The van der Waals surface area contributed by atoms with Crippen LogP contribution in [0.2, 0.25) is 0 Å². The average Bonchev–Trinajstić information content (AvgIpc) is 3.06. The fraction of sp³-hybridized carbons (Fsp3) is 0.917. The van der Waals surface area contributed by atoms with E-state index in [4.69, 9.17) is 5.11 Å². The summed E-state index contributed by atoms with van der Waals surface area (Å²) in [6.45, 7) is 6.02. The second-order valence-electron chi connectivity index (χ2n) is 4.85. The van der Waals surface area contributed by atoms with Gasteiger partial charge in [0, 0.05) is 19.1 Å². The van der Waals surface area contributed by atoms with Gasteiger partial charge in [0.1, 0.15) is 6.04 Å². The second kappa shape index (κ2) is 6.21. The lowest BCUT2D eigenvalue weighted by Gasteiger charge is -2.24. The Morgan fingerprint density at radius 1 is 1.56 bits per heavy atom. The van der Waals surface area contributed by atoms with Gasteiger partial charge in [0.2, 0.25) is 0 Å². The molecule has 0 aliphatic heterocycles. The fourth-order valence-corrected chi connectivity index (χ4v) is 1.81. The minimum absolute atomic E-state index is 0.328. The minimum atomic E-state index is -0.700. The van der Waals surface area contributed by atoms with Crippen LogP contribution in [0.25, 0.3) is 0 Å². The van der Waals surface area contributed by atoms with Crippen molar-refractivity contribution in [2.24, 2.45) is 5.92 Å². The number of carboxylic acids is 1. The van der Waals surface area contributed by atoms with Crippen molar-refractivity contribution in [1.29, 1.82) is 0 Å². The largest absolute Gasteiger partial charge is 0.480 e. The number of nitrogens with one attached hydrogen (secondary N) is 1. The van der Waals surface area contributed by atoms with Crippen LogP contribution < -0.4 is 5.32 Å². The Balaban J connectivity index is 2.20. The first-order valence-corrected chi connectivity index (χ1v) is 6.22. The fourth-order valence-electron chi connectivity index (χ4n) is 1.81. The minimum Gasteiger partial charge on any atom is -0.480 e. The van der Waals surface area contributed by atoms with Crippen molar-refractivity contribution in [2.45, 2.75) is 45.2 Å². The van der Waals surface area contributed by atoms with E-state index in [1.54, 1.807) is 0 Å². The third-order valence-corrected chi connectivity index (χ3v) is 3.53. The molecule has 4 heteroatoms. The molecule has 2 N–H and O–H groups in total. The SMILES string of the molecule is CCC(C)N(C)CCNC(C(=O)O)C1CC1. The molecule has 16 heavy (non-hydrogen) atoms. The van der Waals surface area contributed by atoms with Crippen LogP contribution in [0.1, 0.15) is 33.1 Å². The summed E-state index contributed by atoms with van der Waals surface area (Å²) in [7, 11) is 2.09. The van der Waals surface area contributed by atoms with Gasteiger partial charge in [-0.25, -0.2) is 0 Å². The Morgan fingerprint density at radius 2 is 2.19 bits per heavy atom. The predicted octanol–water partition coefficient (Wildman–Crippen LogP) is 1.17. The molecule has 0 bridgehead atoms. The number of hydrogen-bond donors (Lipinski definition) is 2. The molecule has 0 heterocycles. The molecule has 0 amide bonds. The molecule has 2 atom stereocenters. The number of rotatable bonds is 8. The van der Waals surface area contributed by atoms with E-state index in [-0.39, 0.29) is 6.04 Å². The number of hydrogen-bond acceptors (Lipinski definition) is 3. The third kappa shape index (κ3) is 4.10. The maximum Gasteiger partial charge on any atom is 0.320 e. The summed E-state index contributed by atoms with van der Waals surface area (Å²) in [5, 5.41) is 12.2. The summed E-state index contributed by atoms with van der Waals surface area (Å²) < 4.78 is 0. The standard InChI is InChI=1S/C12H24N2O2/c1-4-9(2)14(3)8-7-13-11(12(15)16)10-5-6-10/h9-11,13H,4-8H2,1-3H3,(H,15,16). The normalized spacial score (nSPS) is 19.8. The van der Waals surface area contributed by atoms with Crippen molar-refractivity contribution >= 4 is 5.97 Å². The van der Waals surface area contributed by atoms with Crippen LogP contribution in [-0.2, 0) is 4.79 Å². The second-order valence-corrected chi connectivity index (χ2v) is 4.85. The van der Waals surface area contributed by atoms with Crippen LogP contribution in [0.4, 0.5) is 0 Å². The smallest absolute Gasteiger partial charge is 0.320 e. The quantitative estimate of drug-likeness (QED) is 0.655. The molecule has 1 fully saturated rings. The summed E-state index contributed by atoms with van der Waals surface area (Å²) in [6.07, 6.45) is 3.25. The van der Waals surface area contributed by atoms with Gasteiger partial charge in [0.25, 0.3) is 0 Å². The highest BCUT2D eigenvalue weighted by molar-refractivity contribution is 5.74. The Morgan fingerprint density at radius 3 is 2.62 bits per heavy atom. The lowest BCUT2D eigenvalue weighted by atomic mass is 10.2. The van der Waals surface area contributed by atoms with Crippen molar-refractivity contribution in [3.05, 3.63) is 0 Å². The maximum atomic E-state index is 11.0. The van der Waals surface area contributed by atoms with Gasteiger partial charge in [0.15, 0.2) is 0 Å². The molecule has 94 valence electrons. The first kappa shape index (κ1) is 13.5. The highest BCUT2D eigenvalue weighted by atomic mass is 16.4. The monoisotopic (exact) mass is 228 g/mol. The highest BCUT2D eigenvalue weighted by Crippen LogP contribution is 2.32. The van der Waals surface area contributed by atoms with E-state index in [1.807, 2.05) is 0 Å². The van der Waals surface area contributed by atoms with Gasteiger partial charge < -0.3 is 15.3 Å². The molecule has 1 aliphatic carbocycles. The van der Waals surface area contributed by atoms with E-state index in [0.717, 1.165) is 32.4 Å². The van der Waals surface area contributed by atoms with E-state index in [1.165, 1.54) is 0 Å². The van der Waals surface area contributed by atoms with Gasteiger partial charge in [-0.05, 0) is 39.2 Å². The van der Waals surface area contributed by atoms with Crippen LogP contribution in [0.5, 0.6) is 0 Å². The van der Waals surface area contributed by atoms with E-state index in [0.29, 0.717) is 12.0 Å². The molecule has 0 radical (unpaired) electrons. The Hall–Kier alpha value is -0.610. The lowest BCUT2D eigenvalue weighted by molar-refractivity contribution is -0.140. The van der Waals surface area contributed by atoms with Crippen LogP contribution in [0.15, 0.2) is 0 Å². The van der Waals surface area contributed by atoms with Crippen molar-refractivity contribution in [3.8, 4) is 0 Å². The number of aliphatic carboxylic acids is 1. The topological polar surface area (TPSA) is 52.6 Å². The zero-order valence-electron chi connectivity index (χ0n) is 10.6. The zero-order valence-corrected chi connectivity index (χ0v) is 10.6. The van der Waals surface area contributed by atoms with Gasteiger partial charge in [-0.1, -0.05) is 6.92 Å². The molecule has 0 spiro atoms. The molecule has 1 aliphatic rings. The zero-order chi connectivity index (χ0) is 12.1. The van der Waals surface area contributed by atoms with Crippen molar-refractivity contribution in [2.75, 3.05) is 20.1 Å². The summed E-state index contributed by atoms with van der Waals surface area (Å²) in [5.41, 5.74) is 0. The van der Waals surface area contributed by atoms with Crippen LogP contribution in [-0.4, -0.2) is 48.2 Å². The molecule has 1 saturated carbocycles.